The number of ether oxygens (including phenoxy) is 1. The van der Waals surface area contributed by atoms with Crippen LogP contribution < -0.4 is 15.0 Å². The number of nitrogens with one attached hydrogen (secondary N) is 1. The standard InChI is InChI=1S/C27H27N3O4/c1-2-34-23-15-13-21(14-16-23)28-25(31)19-24-26(32)30(22-11-7-4-8-12-22)27(33)29(24)18-17-20-9-5-3-6-10-20/h3-16,24H,2,17-19H2,1H3,(H,28,31). The Hall–Kier alpha value is -4.13. The molecule has 1 aliphatic heterocycles. The van der Waals surface area contributed by atoms with Crippen LogP contribution in [0.3, 0.4) is 0 Å². The predicted molar refractivity (Wildman–Crippen MR) is 131 cm³/mol. The number of benzene rings is 3. The maximum Gasteiger partial charge on any atom is 0.332 e. The van der Waals surface area contributed by atoms with Crippen LogP contribution in [-0.4, -0.2) is 41.9 Å². The van der Waals surface area contributed by atoms with Gasteiger partial charge in [-0.1, -0.05) is 48.5 Å². The first-order valence-corrected chi connectivity index (χ1v) is 11.3. The Morgan fingerprint density at radius 3 is 2.21 bits per heavy atom. The van der Waals surface area contributed by atoms with Crippen molar-refractivity contribution in [2.24, 2.45) is 0 Å². The third-order valence-electron chi connectivity index (χ3n) is 5.65. The number of nitrogens with zero attached hydrogens (tertiary/aromatic N) is 2. The lowest BCUT2D eigenvalue weighted by Crippen LogP contribution is -2.39. The monoisotopic (exact) mass is 457 g/mol. The third-order valence-corrected chi connectivity index (χ3v) is 5.65. The van der Waals surface area contributed by atoms with Gasteiger partial charge in [-0.05, 0) is 55.3 Å². The summed E-state index contributed by atoms with van der Waals surface area (Å²) in [7, 11) is 0. The zero-order valence-corrected chi connectivity index (χ0v) is 19.0. The molecule has 3 aromatic rings. The highest BCUT2D eigenvalue weighted by Gasteiger charge is 2.46. The molecule has 1 aliphatic rings. The van der Waals surface area contributed by atoms with Gasteiger partial charge in [0.1, 0.15) is 11.8 Å². The van der Waals surface area contributed by atoms with E-state index in [1.807, 2.05) is 43.3 Å². The topological polar surface area (TPSA) is 79.0 Å². The maximum absolute atomic E-state index is 13.3. The minimum absolute atomic E-state index is 0.129. The fraction of sp³-hybridized carbons (Fsp3) is 0.222. The van der Waals surface area contributed by atoms with E-state index in [-0.39, 0.29) is 12.3 Å². The number of carbonyl (C=O) groups excluding carboxylic acids is 3. The Bertz CT molecular complexity index is 1130. The minimum Gasteiger partial charge on any atom is -0.494 e. The summed E-state index contributed by atoms with van der Waals surface area (Å²) in [5.74, 6) is -0.0244. The number of carbonyl (C=O) groups is 3. The summed E-state index contributed by atoms with van der Waals surface area (Å²) in [4.78, 5) is 42.1. The molecule has 1 N–H and O–H groups in total. The lowest BCUT2D eigenvalue weighted by molar-refractivity contribution is -0.124. The van der Waals surface area contributed by atoms with Gasteiger partial charge in [-0.2, -0.15) is 0 Å². The molecular formula is C27H27N3O4. The van der Waals surface area contributed by atoms with Crippen LogP contribution in [0.1, 0.15) is 18.9 Å². The van der Waals surface area contributed by atoms with Gasteiger partial charge in [-0.15, -0.1) is 0 Å². The van der Waals surface area contributed by atoms with Crippen LogP contribution in [0.25, 0.3) is 0 Å². The van der Waals surface area contributed by atoms with Gasteiger partial charge in [-0.3, -0.25) is 9.59 Å². The molecule has 0 saturated carbocycles. The third kappa shape index (κ3) is 5.26. The summed E-state index contributed by atoms with van der Waals surface area (Å²) < 4.78 is 5.42. The van der Waals surface area contributed by atoms with Crippen molar-refractivity contribution in [2.75, 3.05) is 23.4 Å². The van der Waals surface area contributed by atoms with E-state index in [4.69, 9.17) is 4.74 Å². The van der Waals surface area contributed by atoms with Crippen molar-refractivity contribution < 1.29 is 19.1 Å². The molecule has 0 aromatic heterocycles. The lowest BCUT2D eigenvalue weighted by atomic mass is 10.1. The molecule has 0 aliphatic carbocycles. The molecule has 0 radical (unpaired) electrons. The van der Waals surface area contributed by atoms with E-state index in [1.165, 1.54) is 9.80 Å². The van der Waals surface area contributed by atoms with Gasteiger partial charge < -0.3 is 15.0 Å². The van der Waals surface area contributed by atoms with E-state index in [1.54, 1.807) is 48.5 Å². The zero-order valence-electron chi connectivity index (χ0n) is 19.0. The quantitative estimate of drug-likeness (QED) is 0.480. The van der Waals surface area contributed by atoms with Crippen LogP contribution in [0.4, 0.5) is 16.2 Å². The average Bonchev–Trinajstić information content (AvgIpc) is 3.09. The van der Waals surface area contributed by atoms with E-state index in [9.17, 15) is 14.4 Å². The van der Waals surface area contributed by atoms with Crippen LogP contribution in [0.2, 0.25) is 0 Å². The molecule has 4 rings (SSSR count). The minimum atomic E-state index is -0.876. The Morgan fingerprint density at radius 2 is 1.56 bits per heavy atom. The van der Waals surface area contributed by atoms with E-state index >= 15 is 0 Å². The predicted octanol–water partition coefficient (Wildman–Crippen LogP) is 4.49. The Kier molecular flexibility index (Phi) is 7.22. The molecular weight excluding hydrogens is 430 g/mol. The van der Waals surface area contributed by atoms with Gasteiger partial charge in [0.15, 0.2) is 0 Å². The van der Waals surface area contributed by atoms with Crippen LogP contribution in [0.15, 0.2) is 84.9 Å². The molecule has 1 saturated heterocycles. The second-order valence-corrected chi connectivity index (χ2v) is 7.95. The van der Waals surface area contributed by atoms with Crippen molar-refractivity contribution in [1.29, 1.82) is 0 Å². The van der Waals surface area contributed by atoms with Gasteiger partial charge >= 0.3 is 6.03 Å². The lowest BCUT2D eigenvalue weighted by Gasteiger charge is -2.21. The van der Waals surface area contributed by atoms with Crippen LogP contribution in [0, 0.1) is 0 Å². The van der Waals surface area contributed by atoms with Crippen molar-refractivity contribution >= 4 is 29.2 Å². The van der Waals surface area contributed by atoms with Gasteiger partial charge in [0.2, 0.25) is 5.91 Å². The van der Waals surface area contributed by atoms with E-state index < -0.39 is 18.0 Å². The molecule has 1 heterocycles. The normalized spacial score (nSPS) is 15.5. The molecule has 3 aromatic carbocycles. The number of amides is 4. The van der Waals surface area contributed by atoms with Crippen molar-refractivity contribution in [2.45, 2.75) is 25.8 Å². The number of rotatable bonds is 9. The van der Waals surface area contributed by atoms with Crippen molar-refractivity contribution in [3.05, 3.63) is 90.5 Å². The molecule has 4 amide bonds. The molecule has 1 unspecified atom stereocenters. The number of hydrogen-bond donors (Lipinski definition) is 1. The van der Waals surface area contributed by atoms with Gasteiger partial charge in [-0.25, -0.2) is 9.69 Å². The van der Waals surface area contributed by atoms with Gasteiger partial charge in [0.05, 0.1) is 18.7 Å². The van der Waals surface area contributed by atoms with E-state index in [2.05, 4.69) is 5.32 Å². The summed E-state index contributed by atoms with van der Waals surface area (Å²) >= 11 is 0. The highest BCUT2D eigenvalue weighted by atomic mass is 16.5. The summed E-state index contributed by atoms with van der Waals surface area (Å²) in [5, 5.41) is 2.82. The largest absolute Gasteiger partial charge is 0.494 e. The highest BCUT2D eigenvalue weighted by molar-refractivity contribution is 6.22. The van der Waals surface area contributed by atoms with Crippen molar-refractivity contribution in [3.8, 4) is 5.75 Å². The number of para-hydroxylation sites is 1. The fourth-order valence-electron chi connectivity index (χ4n) is 3.99. The molecule has 7 heteroatoms. The SMILES string of the molecule is CCOc1ccc(NC(=O)CC2C(=O)N(c3ccccc3)C(=O)N2CCc2ccccc2)cc1. The van der Waals surface area contributed by atoms with Crippen LogP contribution in [0.5, 0.6) is 5.75 Å². The van der Waals surface area contributed by atoms with Crippen molar-refractivity contribution in [3.63, 3.8) is 0 Å². The molecule has 0 spiro atoms. The molecule has 0 bridgehead atoms. The second-order valence-electron chi connectivity index (χ2n) is 7.95. The molecule has 7 nitrogen and oxygen atoms in total. The van der Waals surface area contributed by atoms with Crippen LogP contribution >= 0.6 is 0 Å². The van der Waals surface area contributed by atoms with Crippen LogP contribution in [-0.2, 0) is 16.0 Å². The Morgan fingerprint density at radius 1 is 0.912 bits per heavy atom. The zero-order chi connectivity index (χ0) is 23.9. The summed E-state index contributed by atoms with van der Waals surface area (Å²) in [5.41, 5.74) is 2.15. The summed E-state index contributed by atoms with van der Waals surface area (Å²) in [6.07, 6.45) is 0.454. The van der Waals surface area contributed by atoms with Crippen molar-refractivity contribution in [1.82, 2.24) is 4.90 Å². The first-order chi connectivity index (χ1) is 16.6. The number of hydrogen-bond acceptors (Lipinski definition) is 4. The van der Waals surface area contributed by atoms with Gasteiger partial charge in [0.25, 0.3) is 5.91 Å². The molecule has 1 atom stereocenters. The number of imide groups is 1. The average molecular weight is 458 g/mol. The first-order valence-electron chi connectivity index (χ1n) is 11.3. The Balaban J connectivity index is 1.50. The van der Waals surface area contributed by atoms with E-state index in [0.717, 1.165) is 5.56 Å². The number of anilines is 2. The second kappa shape index (κ2) is 10.7. The summed E-state index contributed by atoms with van der Waals surface area (Å²) in [6.45, 7) is 2.79. The van der Waals surface area contributed by atoms with Gasteiger partial charge in [0, 0.05) is 12.2 Å². The Labute approximate surface area is 198 Å². The molecule has 174 valence electrons. The molecule has 1 fully saturated rings. The maximum atomic E-state index is 13.3. The number of urea groups is 1. The fourth-order valence-corrected chi connectivity index (χ4v) is 3.99. The summed E-state index contributed by atoms with van der Waals surface area (Å²) in [6, 6.07) is 24.3. The highest BCUT2D eigenvalue weighted by Crippen LogP contribution is 2.27. The first kappa shape index (κ1) is 23.0. The van der Waals surface area contributed by atoms with E-state index in [0.29, 0.717) is 36.7 Å². The smallest absolute Gasteiger partial charge is 0.332 e. The molecule has 34 heavy (non-hydrogen) atoms.